The molecule has 3 aromatic rings. The van der Waals surface area contributed by atoms with E-state index in [0.29, 0.717) is 29.6 Å². The maximum Gasteiger partial charge on any atom is 0.281 e. The van der Waals surface area contributed by atoms with Crippen LogP contribution in [-0.2, 0) is 11.3 Å². The Balaban J connectivity index is 1.59. The maximum atomic E-state index is 12.4. The van der Waals surface area contributed by atoms with Gasteiger partial charge < -0.3 is 18.9 Å². The van der Waals surface area contributed by atoms with Gasteiger partial charge in [0.1, 0.15) is 12.2 Å². The Bertz CT molecular complexity index is 1010. The molecule has 30 heavy (non-hydrogen) atoms. The Morgan fingerprint density at radius 1 is 1.07 bits per heavy atom. The first kappa shape index (κ1) is 21.4. The minimum Gasteiger partial charge on any atom is -0.493 e. The first-order chi connectivity index (χ1) is 14.4. The molecule has 0 bridgehead atoms. The van der Waals surface area contributed by atoms with Crippen molar-refractivity contribution in [3.63, 3.8) is 0 Å². The summed E-state index contributed by atoms with van der Waals surface area (Å²) < 4.78 is 16.0. The number of aryl methyl sites for hydroxylation is 2. The molecule has 158 valence electrons. The number of rotatable bonds is 8. The van der Waals surface area contributed by atoms with Gasteiger partial charge in [0, 0.05) is 17.2 Å². The van der Waals surface area contributed by atoms with Crippen molar-refractivity contribution in [2.75, 3.05) is 33.1 Å². The van der Waals surface area contributed by atoms with Crippen molar-refractivity contribution >= 4 is 11.8 Å². The SMILES string of the molecule is COc1cc(C)c(C[NH+](C)CC(=O)Nc2cc(-c3ccc(C)cc3)no2)cc1OC. The van der Waals surface area contributed by atoms with Crippen LogP contribution in [0.25, 0.3) is 11.3 Å². The van der Waals surface area contributed by atoms with E-state index in [9.17, 15) is 4.79 Å². The quantitative estimate of drug-likeness (QED) is 0.597. The van der Waals surface area contributed by atoms with Crippen molar-refractivity contribution in [2.24, 2.45) is 0 Å². The number of benzene rings is 2. The summed E-state index contributed by atoms with van der Waals surface area (Å²) in [4.78, 5) is 13.5. The fourth-order valence-corrected chi connectivity index (χ4v) is 3.25. The fraction of sp³-hybridized carbons (Fsp3) is 0.304. The third-order valence-corrected chi connectivity index (χ3v) is 4.92. The van der Waals surface area contributed by atoms with Gasteiger partial charge in [0.25, 0.3) is 5.91 Å². The van der Waals surface area contributed by atoms with Gasteiger partial charge in [-0.05, 0) is 31.5 Å². The van der Waals surface area contributed by atoms with E-state index in [0.717, 1.165) is 21.6 Å². The molecule has 7 heteroatoms. The fourth-order valence-electron chi connectivity index (χ4n) is 3.25. The van der Waals surface area contributed by atoms with Crippen molar-refractivity contribution < 1.29 is 23.7 Å². The summed E-state index contributed by atoms with van der Waals surface area (Å²) in [5.74, 6) is 1.58. The van der Waals surface area contributed by atoms with Crippen LogP contribution in [0, 0.1) is 13.8 Å². The predicted molar refractivity (Wildman–Crippen MR) is 115 cm³/mol. The molecular weight excluding hydrogens is 382 g/mol. The lowest BCUT2D eigenvalue weighted by Gasteiger charge is -2.17. The molecule has 0 aliphatic heterocycles. The number of nitrogens with one attached hydrogen (secondary N) is 2. The van der Waals surface area contributed by atoms with Gasteiger partial charge in [-0.3, -0.25) is 10.1 Å². The molecule has 3 rings (SSSR count). The number of quaternary nitrogens is 1. The molecule has 0 saturated carbocycles. The zero-order valence-electron chi connectivity index (χ0n) is 18.0. The summed E-state index contributed by atoms with van der Waals surface area (Å²) in [6, 6.07) is 13.6. The largest absolute Gasteiger partial charge is 0.493 e. The Hall–Kier alpha value is -3.32. The highest BCUT2D eigenvalue weighted by atomic mass is 16.5. The molecule has 1 atom stereocenters. The van der Waals surface area contributed by atoms with Gasteiger partial charge in [-0.25, -0.2) is 0 Å². The second kappa shape index (κ2) is 9.45. The molecule has 1 heterocycles. The minimum absolute atomic E-state index is 0.141. The highest BCUT2D eigenvalue weighted by Gasteiger charge is 2.16. The van der Waals surface area contributed by atoms with Crippen LogP contribution in [0.15, 0.2) is 47.0 Å². The monoisotopic (exact) mass is 410 g/mol. The van der Waals surface area contributed by atoms with E-state index in [-0.39, 0.29) is 12.5 Å². The van der Waals surface area contributed by atoms with Crippen LogP contribution in [0.3, 0.4) is 0 Å². The third-order valence-electron chi connectivity index (χ3n) is 4.92. The van der Waals surface area contributed by atoms with Crippen LogP contribution in [-0.4, -0.2) is 38.9 Å². The Labute approximate surface area is 176 Å². The van der Waals surface area contributed by atoms with Crippen LogP contribution < -0.4 is 19.7 Å². The zero-order valence-corrected chi connectivity index (χ0v) is 18.0. The lowest BCUT2D eigenvalue weighted by Crippen LogP contribution is -3.08. The number of hydrogen-bond donors (Lipinski definition) is 2. The molecule has 1 amide bonds. The van der Waals surface area contributed by atoms with E-state index in [2.05, 4.69) is 10.5 Å². The molecule has 0 spiro atoms. The number of anilines is 1. The number of methoxy groups -OCH3 is 2. The van der Waals surface area contributed by atoms with Gasteiger partial charge in [0.05, 0.1) is 21.3 Å². The lowest BCUT2D eigenvalue weighted by atomic mass is 10.1. The highest BCUT2D eigenvalue weighted by Crippen LogP contribution is 2.30. The van der Waals surface area contributed by atoms with Gasteiger partial charge in [-0.15, -0.1) is 0 Å². The van der Waals surface area contributed by atoms with Gasteiger partial charge in [-0.2, -0.15) is 0 Å². The van der Waals surface area contributed by atoms with E-state index in [1.165, 1.54) is 5.56 Å². The van der Waals surface area contributed by atoms with Crippen LogP contribution >= 0.6 is 0 Å². The summed E-state index contributed by atoms with van der Waals surface area (Å²) >= 11 is 0. The van der Waals surface area contributed by atoms with Crippen molar-refractivity contribution in [2.45, 2.75) is 20.4 Å². The molecule has 0 aliphatic carbocycles. The Kier molecular flexibility index (Phi) is 6.74. The number of aromatic nitrogens is 1. The summed E-state index contributed by atoms with van der Waals surface area (Å²) in [6.07, 6.45) is 0. The van der Waals surface area contributed by atoms with Crippen LogP contribution in [0.4, 0.5) is 5.88 Å². The van der Waals surface area contributed by atoms with Gasteiger partial charge in [0.15, 0.2) is 18.0 Å². The lowest BCUT2D eigenvalue weighted by molar-refractivity contribution is -0.885. The molecular formula is C23H28N3O4+. The molecule has 7 nitrogen and oxygen atoms in total. The molecule has 0 radical (unpaired) electrons. The normalized spacial score (nSPS) is 11.8. The summed E-state index contributed by atoms with van der Waals surface area (Å²) in [5.41, 5.74) is 4.99. The summed E-state index contributed by atoms with van der Waals surface area (Å²) in [5, 5.41) is 6.82. The van der Waals surface area contributed by atoms with Crippen molar-refractivity contribution in [1.29, 1.82) is 0 Å². The number of amides is 1. The smallest absolute Gasteiger partial charge is 0.281 e. The standard InChI is InChI=1S/C23H27N3O4/c1-15-6-8-17(9-7-15)19-12-23(30-25-19)24-22(27)14-26(3)13-18-11-21(29-5)20(28-4)10-16(18)2/h6-12H,13-14H2,1-5H3,(H,24,27)/p+1. The van der Waals surface area contributed by atoms with Gasteiger partial charge in [0.2, 0.25) is 5.88 Å². The van der Waals surface area contributed by atoms with Crippen molar-refractivity contribution in [3.05, 3.63) is 59.2 Å². The predicted octanol–water partition coefficient (Wildman–Crippen LogP) is 2.63. The van der Waals surface area contributed by atoms with E-state index in [1.54, 1.807) is 20.3 Å². The van der Waals surface area contributed by atoms with E-state index in [1.807, 2.05) is 57.3 Å². The first-order valence-corrected chi connectivity index (χ1v) is 9.76. The van der Waals surface area contributed by atoms with E-state index < -0.39 is 0 Å². The average molecular weight is 410 g/mol. The summed E-state index contributed by atoms with van der Waals surface area (Å²) in [6.45, 7) is 5.01. The van der Waals surface area contributed by atoms with E-state index >= 15 is 0 Å². The average Bonchev–Trinajstić information content (AvgIpc) is 3.17. The molecule has 0 saturated heterocycles. The minimum atomic E-state index is -0.141. The number of nitrogens with zero attached hydrogens (tertiary/aromatic N) is 1. The van der Waals surface area contributed by atoms with E-state index in [4.69, 9.17) is 14.0 Å². The third kappa shape index (κ3) is 5.18. The molecule has 2 N–H and O–H groups in total. The number of likely N-dealkylation sites (N-methyl/N-ethyl adjacent to an activating group) is 1. The number of carbonyl (C=O) groups excluding carboxylic acids is 1. The topological polar surface area (TPSA) is 78.0 Å². The Morgan fingerprint density at radius 2 is 1.73 bits per heavy atom. The van der Waals surface area contributed by atoms with Crippen LogP contribution in [0.5, 0.6) is 11.5 Å². The zero-order chi connectivity index (χ0) is 21.7. The van der Waals surface area contributed by atoms with Crippen LogP contribution in [0.1, 0.15) is 16.7 Å². The Morgan fingerprint density at radius 3 is 2.40 bits per heavy atom. The number of hydrogen-bond acceptors (Lipinski definition) is 5. The van der Waals surface area contributed by atoms with Crippen LogP contribution in [0.2, 0.25) is 0 Å². The molecule has 0 fully saturated rings. The second-order valence-corrected chi connectivity index (χ2v) is 7.43. The maximum absolute atomic E-state index is 12.4. The first-order valence-electron chi connectivity index (χ1n) is 9.76. The van der Waals surface area contributed by atoms with Crippen molar-refractivity contribution in [3.8, 4) is 22.8 Å². The van der Waals surface area contributed by atoms with Crippen molar-refractivity contribution in [1.82, 2.24) is 5.16 Å². The molecule has 2 aromatic carbocycles. The molecule has 1 aromatic heterocycles. The van der Waals surface area contributed by atoms with Gasteiger partial charge >= 0.3 is 0 Å². The highest BCUT2D eigenvalue weighted by molar-refractivity contribution is 5.90. The molecule has 1 unspecified atom stereocenters. The number of carbonyl (C=O) groups is 1. The second-order valence-electron chi connectivity index (χ2n) is 7.43. The number of ether oxygens (including phenoxy) is 2. The summed E-state index contributed by atoms with van der Waals surface area (Å²) in [7, 11) is 5.20. The van der Waals surface area contributed by atoms with Gasteiger partial charge in [-0.1, -0.05) is 35.0 Å². The molecule has 0 aliphatic rings.